The molecule has 2 saturated heterocycles. The molecule has 0 spiro atoms. The van der Waals surface area contributed by atoms with Crippen LogP contribution in [0.5, 0.6) is 0 Å². The minimum Gasteiger partial charge on any atom is -0.371 e. The first-order valence-electron chi connectivity index (χ1n) is 4.39. The van der Waals surface area contributed by atoms with Gasteiger partial charge in [0.15, 0.2) is 0 Å². The van der Waals surface area contributed by atoms with Gasteiger partial charge >= 0.3 is 0 Å². The summed E-state index contributed by atoms with van der Waals surface area (Å²) in [7, 11) is 2.16. The van der Waals surface area contributed by atoms with Crippen LogP contribution >= 0.6 is 24.8 Å². The molecule has 3 nitrogen and oxygen atoms in total. The first-order valence-corrected chi connectivity index (χ1v) is 4.39. The Morgan fingerprint density at radius 3 is 2.31 bits per heavy atom. The maximum absolute atomic E-state index is 5.81. The summed E-state index contributed by atoms with van der Waals surface area (Å²) in [5.74, 6) is 0. The highest BCUT2D eigenvalue weighted by atomic mass is 35.5. The molecule has 1 N–H and O–H groups in total. The third kappa shape index (κ3) is 3.60. The minimum atomic E-state index is 0. The standard InChI is InChI=1S/C8H16N2O.2ClH/c1-10-3-2-7(6-10)11-8-4-9-5-8;;/h7-9H,2-6H2,1H3;2*1H. The Bertz CT molecular complexity index is 144. The molecule has 0 aromatic heterocycles. The second-order valence-corrected chi connectivity index (χ2v) is 3.59. The molecule has 2 aliphatic heterocycles. The highest BCUT2D eigenvalue weighted by Gasteiger charge is 2.26. The highest BCUT2D eigenvalue weighted by Crippen LogP contribution is 2.13. The van der Waals surface area contributed by atoms with Crippen molar-refractivity contribution in [3.63, 3.8) is 0 Å². The molecule has 0 saturated carbocycles. The lowest BCUT2D eigenvalue weighted by Crippen LogP contribution is -2.50. The van der Waals surface area contributed by atoms with Crippen LogP contribution in [-0.4, -0.2) is 50.3 Å². The van der Waals surface area contributed by atoms with Crippen LogP contribution in [0.1, 0.15) is 6.42 Å². The van der Waals surface area contributed by atoms with Gasteiger partial charge in [0.1, 0.15) is 0 Å². The molecule has 0 radical (unpaired) electrons. The van der Waals surface area contributed by atoms with Crippen LogP contribution in [0.4, 0.5) is 0 Å². The number of nitrogens with one attached hydrogen (secondary N) is 1. The summed E-state index contributed by atoms with van der Waals surface area (Å²) in [6, 6.07) is 0. The second-order valence-electron chi connectivity index (χ2n) is 3.59. The van der Waals surface area contributed by atoms with E-state index in [9.17, 15) is 0 Å². The molecule has 13 heavy (non-hydrogen) atoms. The van der Waals surface area contributed by atoms with E-state index in [1.807, 2.05) is 0 Å². The van der Waals surface area contributed by atoms with Gasteiger partial charge in [0, 0.05) is 26.2 Å². The van der Waals surface area contributed by atoms with Crippen LogP contribution in [0.2, 0.25) is 0 Å². The topological polar surface area (TPSA) is 24.5 Å². The van der Waals surface area contributed by atoms with Crippen LogP contribution in [0.3, 0.4) is 0 Å². The molecule has 0 aromatic carbocycles. The predicted molar refractivity (Wildman–Crippen MR) is 58.1 cm³/mol. The average Bonchev–Trinajstić information content (AvgIpc) is 2.27. The van der Waals surface area contributed by atoms with E-state index in [0.717, 1.165) is 19.6 Å². The number of nitrogens with zero attached hydrogens (tertiary/aromatic N) is 1. The maximum atomic E-state index is 5.81. The van der Waals surface area contributed by atoms with Crippen molar-refractivity contribution in [1.29, 1.82) is 0 Å². The molecular formula is C8H18Cl2N2O. The van der Waals surface area contributed by atoms with Crippen molar-refractivity contribution >= 4 is 24.8 Å². The van der Waals surface area contributed by atoms with Crippen LogP contribution < -0.4 is 5.32 Å². The third-order valence-electron chi connectivity index (χ3n) is 2.48. The minimum absolute atomic E-state index is 0. The quantitative estimate of drug-likeness (QED) is 0.747. The average molecular weight is 229 g/mol. The summed E-state index contributed by atoms with van der Waals surface area (Å²) in [6.45, 7) is 4.43. The fraction of sp³-hybridized carbons (Fsp3) is 1.00. The molecule has 1 unspecified atom stereocenters. The molecule has 2 aliphatic rings. The summed E-state index contributed by atoms with van der Waals surface area (Å²) in [5.41, 5.74) is 0. The van der Waals surface area contributed by atoms with Gasteiger partial charge in [-0.1, -0.05) is 0 Å². The van der Waals surface area contributed by atoms with E-state index in [1.165, 1.54) is 13.0 Å². The number of hydrogen-bond donors (Lipinski definition) is 1. The normalized spacial score (nSPS) is 28.8. The van der Waals surface area contributed by atoms with Gasteiger partial charge in [0.25, 0.3) is 0 Å². The Labute approximate surface area is 92.0 Å². The van der Waals surface area contributed by atoms with Gasteiger partial charge in [0.2, 0.25) is 0 Å². The summed E-state index contributed by atoms with van der Waals surface area (Å²) < 4.78 is 5.81. The molecule has 0 bridgehead atoms. The lowest BCUT2D eigenvalue weighted by Gasteiger charge is -2.29. The summed E-state index contributed by atoms with van der Waals surface area (Å²) >= 11 is 0. The zero-order valence-corrected chi connectivity index (χ0v) is 9.50. The third-order valence-corrected chi connectivity index (χ3v) is 2.48. The monoisotopic (exact) mass is 228 g/mol. The number of likely N-dealkylation sites (tertiary alicyclic amines) is 1. The zero-order valence-electron chi connectivity index (χ0n) is 7.86. The Morgan fingerprint density at radius 1 is 1.23 bits per heavy atom. The van der Waals surface area contributed by atoms with Crippen molar-refractivity contribution in [3.8, 4) is 0 Å². The van der Waals surface area contributed by atoms with E-state index < -0.39 is 0 Å². The van der Waals surface area contributed by atoms with Gasteiger partial charge in [-0.2, -0.15) is 0 Å². The van der Waals surface area contributed by atoms with Crippen LogP contribution in [0, 0.1) is 0 Å². The predicted octanol–water partition coefficient (Wildman–Crippen LogP) is 0.522. The molecule has 5 heteroatoms. The van der Waals surface area contributed by atoms with Gasteiger partial charge in [-0.25, -0.2) is 0 Å². The summed E-state index contributed by atoms with van der Waals surface area (Å²) in [4.78, 5) is 2.33. The van der Waals surface area contributed by atoms with Gasteiger partial charge < -0.3 is 15.0 Å². The van der Waals surface area contributed by atoms with Crippen LogP contribution in [0.25, 0.3) is 0 Å². The largest absolute Gasteiger partial charge is 0.371 e. The molecule has 2 fully saturated rings. The number of ether oxygens (including phenoxy) is 1. The Morgan fingerprint density at radius 2 is 1.92 bits per heavy atom. The van der Waals surface area contributed by atoms with Crippen molar-refractivity contribution in [2.24, 2.45) is 0 Å². The van der Waals surface area contributed by atoms with Crippen LogP contribution in [0.15, 0.2) is 0 Å². The number of likely N-dealkylation sites (N-methyl/N-ethyl adjacent to an activating group) is 1. The van der Waals surface area contributed by atoms with Gasteiger partial charge in [0.05, 0.1) is 12.2 Å². The summed E-state index contributed by atoms with van der Waals surface area (Å²) in [6.07, 6.45) is 2.23. The maximum Gasteiger partial charge on any atom is 0.0828 e. The second kappa shape index (κ2) is 6.04. The number of rotatable bonds is 2. The Kier molecular flexibility index (Phi) is 6.25. The Hall–Kier alpha value is 0.460. The smallest absolute Gasteiger partial charge is 0.0828 e. The van der Waals surface area contributed by atoms with E-state index in [0.29, 0.717) is 12.2 Å². The van der Waals surface area contributed by atoms with Gasteiger partial charge in [-0.3, -0.25) is 0 Å². The van der Waals surface area contributed by atoms with E-state index in [2.05, 4.69) is 17.3 Å². The molecule has 0 aliphatic carbocycles. The lowest BCUT2D eigenvalue weighted by molar-refractivity contribution is -0.0310. The van der Waals surface area contributed by atoms with Gasteiger partial charge in [-0.15, -0.1) is 24.8 Å². The number of halogens is 2. The molecule has 2 rings (SSSR count). The fourth-order valence-corrected chi connectivity index (χ4v) is 1.64. The first kappa shape index (κ1) is 13.5. The molecular weight excluding hydrogens is 211 g/mol. The Balaban J connectivity index is 0.000000720. The van der Waals surface area contributed by atoms with E-state index in [1.54, 1.807) is 0 Å². The zero-order chi connectivity index (χ0) is 7.68. The van der Waals surface area contributed by atoms with E-state index in [-0.39, 0.29) is 24.8 Å². The van der Waals surface area contributed by atoms with Crippen LogP contribution in [-0.2, 0) is 4.74 Å². The van der Waals surface area contributed by atoms with Crippen molar-refractivity contribution in [3.05, 3.63) is 0 Å². The van der Waals surface area contributed by atoms with Crippen molar-refractivity contribution in [2.45, 2.75) is 18.6 Å². The number of hydrogen-bond acceptors (Lipinski definition) is 3. The molecule has 0 aromatic rings. The molecule has 2 heterocycles. The summed E-state index contributed by atoms with van der Waals surface area (Å²) in [5, 5.41) is 3.21. The molecule has 80 valence electrons. The lowest BCUT2D eigenvalue weighted by atomic mass is 10.2. The van der Waals surface area contributed by atoms with Crippen molar-refractivity contribution in [1.82, 2.24) is 10.2 Å². The fourth-order valence-electron chi connectivity index (χ4n) is 1.64. The molecule has 1 atom stereocenters. The van der Waals surface area contributed by atoms with Gasteiger partial charge in [-0.05, 0) is 13.5 Å². The van der Waals surface area contributed by atoms with Crippen molar-refractivity contribution in [2.75, 3.05) is 33.2 Å². The SMILES string of the molecule is CN1CCC(OC2CNC2)C1.Cl.Cl. The molecule has 0 amide bonds. The first-order chi connectivity index (χ1) is 5.34. The highest BCUT2D eigenvalue weighted by molar-refractivity contribution is 5.85. The van der Waals surface area contributed by atoms with Crippen molar-refractivity contribution < 1.29 is 4.74 Å². The van der Waals surface area contributed by atoms with E-state index in [4.69, 9.17) is 4.74 Å². The van der Waals surface area contributed by atoms with E-state index >= 15 is 0 Å².